The third kappa shape index (κ3) is 5.18. The van der Waals surface area contributed by atoms with Crippen molar-refractivity contribution in [1.29, 1.82) is 0 Å². The van der Waals surface area contributed by atoms with E-state index >= 15 is 0 Å². The van der Waals surface area contributed by atoms with Crippen molar-refractivity contribution < 1.29 is 9.18 Å². The minimum atomic E-state index is -0.259. The molecule has 0 saturated carbocycles. The molecule has 0 aliphatic heterocycles. The van der Waals surface area contributed by atoms with Gasteiger partial charge in [-0.15, -0.1) is 11.6 Å². The lowest BCUT2D eigenvalue weighted by atomic mass is 10.2. The van der Waals surface area contributed by atoms with Crippen LogP contribution < -0.4 is 0 Å². The SMILES string of the molecule is CN(Cc1ccc(F)cc1)C(=O)CCCCCl. The monoisotopic (exact) mass is 257 g/mol. The molecular formula is C13H17ClFNO. The van der Waals surface area contributed by atoms with Crippen LogP contribution in [0.3, 0.4) is 0 Å². The van der Waals surface area contributed by atoms with Gasteiger partial charge in [-0.3, -0.25) is 4.79 Å². The van der Waals surface area contributed by atoms with E-state index in [1.807, 2.05) is 0 Å². The summed E-state index contributed by atoms with van der Waals surface area (Å²) in [5.74, 6) is 0.430. The van der Waals surface area contributed by atoms with E-state index in [0.717, 1.165) is 18.4 Å². The van der Waals surface area contributed by atoms with Crippen LogP contribution in [-0.2, 0) is 11.3 Å². The topological polar surface area (TPSA) is 20.3 Å². The van der Waals surface area contributed by atoms with E-state index in [2.05, 4.69) is 0 Å². The maximum atomic E-state index is 12.7. The summed E-state index contributed by atoms with van der Waals surface area (Å²) in [4.78, 5) is 13.4. The number of hydrogen-bond acceptors (Lipinski definition) is 1. The highest BCUT2D eigenvalue weighted by Crippen LogP contribution is 2.08. The van der Waals surface area contributed by atoms with Gasteiger partial charge in [-0.1, -0.05) is 12.1 Å². The number of nitrogens with zero attached hydrogens (tertiary/aromatic N) is 1. The summed E-state index contributed by atoms with van der Waals surface area (Å²) < 4.78 is 12.7. The molecule has 0 spiro atoms. The van der Waals surface area contributed by atoms with Crippen molar-refractivity contribution in [3.8, 4) is 0 Å². The first kappa shape index (κ1) is 14.0. The summed E-state index contributed by atoms with van der Waals surface area (Å²) in [6, 6.07) is 6.19. The van der Waals surface area contributed by atoms with E-state index in [1.54, 1.807) is 24.1 Å². The molecule has 0 N–H and O–H groups in total. The molecule has 4 heteroatoms. The van der Waals surface area contributed by atoms with Crippen LogP contribution >= 0.6 is 11.6 Å². The van der Waals surface area contributed by atoms with Crippen molar-refractivity contribution in [2.24, 2.45) is 0 Å². The Morgan fingerprint density at radius 1 is 1.29 bits per heavy atom. The number of alkyl halides is 1. The maximum Gasteiger partial charge on any atom is 0.222 e. The van der Waals surface area contributed by atoms with E-state index < -0.39 is 0 Å². The summed E-state index contributed by atoms with van der Waals surface area (Å²) >= 11 is 5.55. The third-order valence-electron chi connectivity index (χ3n) is 2.53. The molecule has 0 heterocycles. The molecule has 0 aliphatic rings. The molecule has 17 heavy (non-hydrogen) atoms. The van der Waals surface area contributed by atoms with Gasteiger partial charge >= 0.3 is 0 Å². The van der Waals surface area contributed by atoms with E-state index in [0.29, 0.717) is 18.8 Å². The van der Waals surface area contributed by atoms with Gasteiger partial charge in [0.25, 0.3) is 0 Å². The lowest BCUT2D eigenvalue weighted by Gasteiger charge is -2.17. The van der Waals surface area contributed by atoms with Gasteiger partial charge in [0, 0.05) is 25.9 Å². The Balaban J connectivity index is 2.40. The zero-order chi connectivity index (χ0) is 12.7. The Labute approximate surface area is 106 Å². The average molecular weight is 258 g/mol. The largest absolute Gasteiger partial charge is 0.341 e. The molecule has 0 atom stereocenters. The quantitative estimate of drug-likeness (QED) is 0.566. The highest BCUT2D eigenvalue weighted by molar-refractivity contribution is 6.17. The molecule has 0 aliphatic carbocycles. The Morgan fingerprint density at radius 3 is 2.53 bits per heavy atom. The van der Waals surface area contributed by atoms with Crippen molar-refractivity contribution in [2.75, 3.05) is 12.9 Å². The zero-order valence-electron chi connectivity index (χ0n) is 9.96. The lowest BCUT2D eigenvalue weighted by molar-refractivity contribution is -0.130. The maximum absolute atomic E-state index is 12.7. The van der Waals surface area contributed by atoms with Crippen molar-refractivity contribution in [3.63, 3.8) is 0 Å². The molecule has 0 saturated heterocycles. The number of benzene rings is 1. The fourth-order valence-electron chi connectivity index (χ4n) is 1.51. The number of unbranched alkanes of at least 4 members (excludes halogenated alkanes) is 1. The normalized spacial score (nSPS) is 10.3. The molecule has 2 nitrogen and oxygen atoms in total. The summed E-state index contributed by atoms with van der Waals surface area (Å²) in [7, 11) is 1.76. The van der Waals surface area contributed by atoms with Crippen LogP contribution in [0.5, 0.6) is 0 Å². The molecule has 0 fully saturated rings. The minimum absolute atomic E-state index is 0.0967. The fourth-order valence-corrected chi connectivity index (χ4v) is 1.70. The van der Waals surface area contributed by atoms with E-state index in [4.69, 9.17) is 11.6 Å². The van der Waals surface area contributed by atoms with E-state index in [1.165, 1.54) is 12.1 Å². The van der Waals surface area contributed by atoms with Crippen LogP contribution in [0.2, 0.25) is 0 Å². The van der Waals surface area contributed by atoms with Gasteiger partial charge in [0.1, 0.15) is 5.82 Å². The predicted molar refractivity (Wildman–Crippen MR) is 67.4 cm³/mol. The van der Waals surface area contributed by atoms with Crippen molar-refractivity contribution >= 4 is 17.5 Å². The molecular weight excluding hydrogens is 241 g/mol. The second-order valence-corrected chi connectivity index (χ2v) is 4.40. The second-order valence-electron chi connectivity index (χ2n) is 4.02. The van der Waals surface area contributed by atoms with Crippen LogP contribution in [0.1, 0.15) is 24.8 Å². The second kappa shape index (κ2) is 7.28. The van der Waals surface area contributed by atoms with E-state index in [-0.39, 0.29) is 11.7 Å². The van der Waals surface area contributed by atoms with Crippen LogP contribution in [0.4, 0.5) is 4.39 Å². The Hall–Kier alpha value is -1.09. The molecule has 1 rings (SSSR count). The lowest BCUT2D eigenvalue weighted by Crippen LogP contribution is -2.25. The molecule has 94 valence electrons. The summed E-state index contributed by atoms with van der Waals surface area (Å²) in [5.41, 5.74) is 0.930. The first-order valence-corrected chi connectivity index (χ1v) is 6.21. The van der Waals surface area contributed by atoms with Gasteiger partial charge in [0.05, 0.1) is 0 Å². The van der Waals surface area contributed by atoms with Gasteiger partial charge < -0.3 is 4.90 Å². The predicted octanol–water partition coefficient (Wildman–Crippen LogP) is 3.19. The number of carbonyl (C=O) groups excluding carboxylic acids is 1. The first-order valence-electron chi connectivity index (χ1n) is 5.68. The van der Waals surface area contributed by atoms with Gasteiger partial charge in [0.15, 0.2) is 0 Å². The molecule has 1 amide bonds. The smallest absolute Gasteiger partial charge is 0.222 e. The average Bonchev–Trinajstić information content (AvgIpc) is 2.32. The standard InChI is InChI=1S/C13H17ClFNO/c1-16(13(17)4-2-3-9-14)10-11-5-7-12(15)8-6-11/h5-8H,2-4,9-10H2,1H3. The van der Waals surface area contributed by atoms with Gasteiger partial charge in [-0.2, -0.15) is 0 Å². The zero-order valence-corrected chi connectivity index (χ0v) is 10.7. The summed E-state index contributed by atoms with van der Waals surface area (Å²) in [5, 5.41) is 0. The Bertz CT molecular complexity index is 353. The molecule has 0 aromatic heterocycles. The van der Waals surface area contributed by atoms with Crippen molar-refractivity contribution in [3.05, 3.63) is 35.6 Å². The Kier molecular flexibility index (Phi) is 5.98. The molecule has 0 bridgehead atoms. The van der Waals surface area contributed by atoms with Crippen molar-refractivity contribution in [1.82, 2.24) is 4.90 Å². The molecule has 1 aromatic carbocycles. The molecule has 1 aromatic rings. The van der Waals surface area contributed by atoms with Gasteiger partial charge in [0.2, 0.25) is 5.91 Å². The number of hydrogen-bond donors (Lipinski definition) is 0. The minimum Gasteiger partial charge on any atom is -0.341 e. The number of carbonyl (C=O) groups is 1. The van der Waals surface area contributed by atoms with Crippen LogP contribution in [0, 0.1) is 5.82 Å². The van der Waals surface area contributed by atoms with Crippen LogP contribution in [-0.4, -0.2) is 23.7 Å². The number of halogens is 2. The van der Waals surface area contributed by atoms with Crippen LogP contribution in [0.25, 0.3) is 0 Å². The van der Waals surface area contributed by atoms with Gasteiger partial charge in [-0.05, 0) is 30.5 Å². The third-order valence-corrected chi connectivity index (χ3v) is 2.80. The summed E-state index contributed by atoms with van der Waals surface area (Å²) in [6.45, 7) is 0.514. The Morgan fingerprint density at radius 2 is 1.94 bits per heavy atom. The molecule has 0 unspecified atom stereocenters. The first-order chi connectivity index (χ1) is 8.13. The van der Waals surface area contributed by atoms with Crippen molar-refractivity contribution in [2.45, 2.75) is 25.8 Å². The highest BCUT2D eigenvalue weighted by atomic mass is 35.5. The number of amides is 1. The fraction of sp³-hybridized carbons (Fsp3) is 0.462. The molecule has 0 radical (unpaired) electrons. The highest BCUT2D eigenvalue weighted by Gasteiger charge is 2.08. The van der Waals surface area contributed by atoms with Crippen LogP contribution in [0.15, 0.2) is 24.3 Å². The number of rotatable bonds is 6. The van der Waals surface area contributed by atoms with E-state index in [9.17, 15) is 9.18 Å². The summed E-state index contributed by atoms with van der Waals surface area (Å²) in [6.07, 6.45) is 2.19. The van der Waals surface area contributed by atoms with Gasteiger partial charge in [-0.25, -0.2) is 4.39 Å².